The molecule has 5 rings (SSSR count). The fourth-order valence-corrected chi connectivity index (χ4v) is 7.32. The highest BCUT2D eigenvalue weighted by atomic mass is 19.3. The summed E-state index contributed by atoms with van der Waals surface area (Å²) >= 11 is 0. The zero-order valence-electron chi connectivity index (χ0n) is 25.8. The Balaban J connectivity index is 1.11. The minimum absolute atomic E-state index is 0.269. The van der Waals surface area contributed by atoms with E-state index in [2.05, 4.69) is 6.92 Å². The fourth-order valence-electron chi connectivity index (χ4n) is 7.32. The SMILES string of the molecule is CCCCCC1CCC(C2CCC(c3ccc(/C=C/C(F)(F)Oc4ccc(-c5cc(F)c(F)c(F)c5)c(F)c4)cc3)CC2)CC1. The van der Waals surface area contributed by atoms with Crippen molar-refractivity contribution < 1.29 is 31.1 Å². The van der Waals surface area contributed by atoms with Crippen LogP contribution in [0.2, 0.25) is 0 Å². The maximum absolute atomic E-state index is 14.6. The smallest absolute Gasteiger partial charge is 0.419 e. The number of unbranched alkanes of at least 4 members (excludes halogenated alkanes) is 2. The monoisotopic (exact) mass is 628 g/mol. The number of rotatable bonds is 11. The molecular weight excluding hydrogens is 586 g/mol. The zero-order valence-corrected chi connectivity index (χ0v) is 25.8. The fraction of sp³-hybridized carbons (Fsp3) is 0.474. The van der Waals surface area contributed by atoms with E-state index in [1.165, 1.54) is 88.7 Å². The largest absolute Gasteiger partial charge is 0.429 e. The summed E-state index contributed by atoms with van der Waals surface area (Å²) < 4.78 is 88.8. The van der Waals surface area contributed by atoms with Crippen LogP contribution in [-0.2, 0) is 0 Å². The van der Waals surface area contributed by atoms with Gasteiger partial charge in [-0.05, 0) is 109 Å². The van der Waals surface area contributed by atoms with Crippen LogP contribution in [0.5, 0.6) is 5.75 Å². The Kier molecular flexibility index (Phi) is 11.0. The van der Waals surface area contributed by atoms with Crippen LogP contribution in [0.25, 0.3) is 17.2 Å². The lowest BCUT2D eigenvalue weighted by Crippen LogP contribution is -2.25. The van der Waals surface area contributed by atoms with Crippen molar-refractivity contribution in [3.05, 3.63) is 95.1 Å². The molecule has 2 saturated carbocycles. The van der Waals surface area contributed by atoms with E-state index in [0.29, 0.717) is 35.8 Å². The van der Waals surface area contributed by atoms with Gasteiger partial charge in [-0.2, -0.15) is 8.78 Å². The van der Waals surface area contributed by atoms with Gasteiger partial charge in [-0.25, -0.2) is 17.6 Å². The van der Waals surface area contributed by atoms with E-state index >= 15 is 0 Å². The van der Waals surface area contributed by atoms with Crippen molar-refractivity contribution in [3.8, 4) is 16.9 Å². The Morgan fingerprint density at radius 1 is 0.733 bits per heavy atom. The molecule has 7 heteroatoms. The molecule has 3 aromatic rings. The molecule has 45 heavy (non-hydrogen) atoms. The number of halogens is 6. The topological polar surface area (TPSA) is 9.23 Å². The summed E-state index contributed by atoms with van der Waals surface area (Å²) in [5, 5.41) is 0. The molecule has 0 saturated heterocycles. The second-order valence-electron chi connectivity index (χ2n) is 12.9. The Labute approximate surface area is 262 Å². The second kappa shape index (κ2) is 14.9. The molecule has 0 heterocycles. The van der Waals surface area contributed by atoms with Crippen molar-refractivity contribution in [2.45, 2.75) is 96.0 Å². The van der Waals surface area contributed by atoms with Gasteiger partial charge in [0.15, 0.2) is 17.5 Å². The average molecular weight is 629 g/mol. The summed E-state index contributed by atoms with van der Waals surface area (Å²) in [6.07, 6.45) is 14.0. The van der Waals surface area contributed by atoms with Crippen molar-refractivity contribution in [2.75, 3.05) is 0 Å². The number of ether oxygens (including phenoxy) is 1. The molecule has 0 unspecified atom stereocenters. The first kappa shape index (κ1) is 33.2. The van der Waals surface area contributed by atoms with Gasteiger partial charge in [0, 0.05) is 17.7 Å². The summed E-state index contributed by atoms with van der Waals surface area (Å²) in [6, 6.07) is 11.7. The Morgan fingerprint density at radius 3 is 1.96 bits per heavy atom. The Bertz CT molecular complexity index is 1410. The average Bonchev–Trinajstić information content (AvgIpc) is 3.03. The van der Waals surface area contributed by atoms with Crippen LogP contribution < -0.4 is 4.74 Å². The molecule has 0 amide bonds. The highest BCUT2D eigenvalue weighted by molar-refractivity contribution is 5.65. The van der Waals surface area contributed by atoms with E-state index in [1.807, 2.05) is 24.3 Å². The van der Waals surface area contributed by atoms with Crippen LogP contribution in [0, 0.1) is 41.0 Å². The summed E-state index contributed by atoms with van der Waals surface area (Å²) in [7, 11) is 0. The zero-order chi connectivity index (χ0) is 32.0. The molecule has 0 aliphatic heterocycles. The molecule has 2 aliphatic carbocycles. The van der Waals surface area contributed by atoms with Gasteiger partial charge in [-0.15, -0.1) is 0 Å². The van der Waals surface area contributed by atoms with Gasteiger partial charge in [0.2, 0.25) is 0 Å². The molecule has 2 aliphatic rings. The number of hydrogen-bond donors (Lipinski definition) is 0. The predicted molar refractivity (Wildman–Crippen MR) is 167 cm³/mol. The maximum atomic E-state index is 14.6. The molecule has 0 radical (unpaired) electrons. The van der Waals surface area contributed by atoms with Gasteiger partial charge in [-0.1, -0.05) is 69.7 Å². The first-order chi connectivity index (χ1) is 21.6. The van der Waals surface area contributed by atoms with E-state index in [1.54, 1.807) is 0 Å². The first-order valence-corrected chi connectivity index (χ1v) is 16.4. The van der Waals surface area contributed by atoms with Gasteiger partial charge in [0.05, 0.1) is 0 Å². The van der Waals surface area contributed by atoms with Crippen LogP contribution in [0.4, 0.5) is 26.3 Å². The van der Waals surface area contributed by atoms with E-state index in [-0.39, 0.29) is 11.1 Å². The highest BCUT2D eigenvalue weighted by Crippen LogP contribution is 2.44. The van der Waals surface area contributed by atoms with Crippen molar-refractivity contribution in [3.63, 3.8) is 0 Å². The summed E-state index contributed by atoms with van der Waals surface area (Å²) in [4.78, 5) is 0. The molecular formula is C38H42F6O. The third-order valence-corrected chi connectivity index (χ3v) is 9.91. The maximum Gasteiger partial charge on any atom is 0.419 e. The molecule has 0 aromatic heterocycles. The molecule has 0 bridgehead atoms. The van der Waals surface area contributed by atoms with Crippen LogP contribution >= 0.6 is 0 Å². The molecule has 0 N–H and O–H groups in total. The van der Waals surface area contributed by atoms with E-state index in [0.717, 1.165) is 29.9 Å². The lowest BCUT2D eigenvalue weighted by molar-refractivity contribution is -0.131. The van der Waals surface area contributed by atoms with Gasteiger partial charge < -0.3 is 4.74 Å². The van der Waals surface area contributed by atoms with E-state index in [4.69, 9.17) is 4.74 Å². The van der Waals surface area contributed by atoms with Crippen LogP contribution in [-0.4, -0.2) is 6.11 Å². The van der Waals surface area contributed by atoms with Crippen LogP contribution in [0.3, 0.4) is 0 Å². The Morgan fingerprint density at radius 2 is 1.36 bits per heavy atom. The van der Waals surface area contributed by atoms with Crippen molar-refractivity contribution in [2.24, 2.45) is 17.8 Å². The summed E-state index contributed by atoms with van der Waals surface area (Å²) in [5.41, 5.74) is 1.28. The van der Waals surface area contributed by atoms with Gasteiger partial charge in [0.1, 0.15) is 11.6 Å². The summed E-state index contributed by atoms with van der Waals surface area (Å²) in [6.45, 7) is 2.27. The number of benzene rings is 3. The molecule has 0 spiro atoms. The molecule has 3 aromatic carbocycles. The van der Waals surface area contributed by atoms with Crippen LogP contribution in [0.15, 0.2) is 60.7 Å². The highest BCUT2D eigenvalue weighted by Gasteiger charge is 2.31. The van der Waals surface area contributed by atoms with Gasteiger partial charge >= 0.3 is 6.11 Å². The second-order valence-corrected chi connectivity index (χ2v) is 12.9. The number of hydrogen-bond acceptors (Lipinski definition) is 1. The first-order valence-electron chi connectivity index (χ1n) is 16.4. The third-order valence-electron chi connectivity index (χ3n) is 9.91. The van der Waals surface area contributed by atoms with Crippen molar-refractivity contribution in [1.82, 2.24) is 0 Å². The minimum Gasteiger partial charge on any atom is -0.429 e. The lowest BCUT2D eigenvalue weighted by atomic mass is 9.68. The van der Waals surface area contributed by atoms with Crippen molar-refractivity contribution in [1.29, 1.82) is 0 Å². The van der Waals surface area contributed by atoms with Crippen molar-refractivity contribution >= 4 is 6.08 Å². The quantitative estimate of drug-likeness (QED) is 0.117. The van der Waals surface area contributed by atoms with Gasteiger partial charge in [0.25, 0.3) is 0 Å². The van der Waals surface area contributed by atoms with E-state index in [9.17, 15) is 26.3 Å². The standard InChI is InChI=1S/C38H42F6O/c1-2-3-4-5-25-6-10-27(11-7-25)29-14-16-30(17-15-29)28-12-8-26(9-13-28)20-21-38(43,44)45-32-18-19-33(34(39)24-32)31-22-35(40)37(42)36(41)23-31/h8-9,12-13,18-25,27,29-30H,2-7,10-11,14-17H2,1H3/b21-20+. The molecule has 242 valence electrons. The molecule has 0 atom stereocenters. The molecule has 1 nitrogen and oxygen atoms in total. The summed E-state index contributed by atoms with van der Waals surface area (Å²) in [5.74, 6) is -3.02. The number of alkyl halides is 2. The van der Waals surface area contributed by atoms with Crippen LogP contribution in [0.1, 0.15) is 101 Å². The molecule has 2 fully saturated rings. The normalized spacial score (nSPS) is 22.6. The predicted octanol–water partition coefficient (Wildman–Crippen LogP) is 12.3. The third kappa shape index (κ3) is 8.74. The van der Waals surface area contributed by atoms with E-state index < -0.39 is 35.1 Å². The minimum atomic E-state index is -3.74. The van der Waals surface area contributed by atoms with Gasteiger partial charge in [-0.3, -0.25) is 0 Å². The Hall–Kier alpha value is -3.22. The lowest BCUT2D eigenvalue weighted by Gasteiger charge is -2.38.